The minimum atomic E-state index is -0.280. The highest BCUT2D eigenvalue weighted by atomic mass is 19.1. The monoisotopic (exact) mass is 336 g/mol. The average molecular weight is 336 g/mol. The Morgan fingerprint density at radius 3 is 2.92 bits per heavy atom. The first kappa shape index (κ1) is 15.4. The molecule has 0 fully saturated rings. The predicted molar refractivity (Wildman–Crippen MR) is 94.7 cm³/mol. The maximum Gasteiger partial charge on any atom is 0.224 e. The Bertz CT molecular complexity index is 935. The summed E-state index contributed by atoms with van der Waals surface area (Å²) in [7, 11) is 0. The normalized spacial score (nSPS) is 13.2. The molecule has 1 aliphatic heterocycles. The molecule has 3 N–H and O–H groups in total. The van der Waals surface area contributed by atoms with Crippen LogP contribution in [-0.4, -0.2) is 16.1 Å². The minimum Gasteiger partial charge on any atom is -0.381 e. The Morgan fingerprint density at radius 1 is 1.16 bits per heavy atom. The summed E-state index contributed by atoms with van der Waals surface area (Å²) in [5, 5.41) is 13.1. The van der Waals surface area contributed by atoms with Gasteiger partial charge in [-0.05, 0) is 42.3 Å². The fraction of sp³-hybridized carbons (Fsp3) is 0.158. The SMILES string of the molecule is O=C1CCc2cc(NCc3cn[nH]c3-c3ccccc3F)ccc2N1. The van der Waals surface area contributed by atoms with Crippen molar-refractivity contribution in [2.45, 2.75) is 19.4 Å². The lowest BCUT2D eigenvalue weighted by atomic mass is 10.0. The van der Waals surface area contributed by atoms with Crippen LogP contribution < -0.4 is 10.6 Å². The smallest absolute Gasteiger partial charge is 0.224 e. The molecule has 3 aromatic rings. The number of nitrogens with one attached hydrogen (secondary N) is 3. The molecule has 0 aliphatic carbocycles. The van der Waals surface area contributed by atoms with Crippen molar-refractivity contribution in [1.29, 1.82) is 0 Å². The van der Waals surface area contributed by atoms with Crippen molar-refractivity contribution in [2.24, 2.45) is 0 Å². The van der Waals surface area contributed by atoms with Gasteiger partial charge >= 0.3 is 0 Å². The minimum absolute atomic E-state index is 0.0566. The van der Waals surface area contributed by atoms with Crippen LogP contribution in [0.4, 0.5) is 15.8 Å². The van der Waals surface area contributed by atoms with Crippen LogP contribution in [-0.2, 0) is 17.8 Å². The molecular weight excluding hydrogens is 319 g/mol. The van der Waals surface area contributed by atoms with Crippen LogP contribution in [0.5, 0.6) is 0 Å². The van der Waals surface area contributed by atoms with E-state index in [1.807, 2.05) is 18.2 Å². The van der Waals surface area contributed by atoms with Crippen molar-refractivity contribution in [3.05, 3.63) is 65.6 Å². The molecule has 126 valence electrons. The maximum atomic E-state index is 14.0. The summed E-state index contributed by atoms with van der Waals surface area (Å²) >= 11 is 0. The number of benzene rings is 2. The molecule has 0 atom stereocenters. The van der Waals surface area contributed by atoms with Gasteiger partial charge in [0.1, 0.15) is 5.82 Å². The number of aryl methyl sites for hydroxylation is 1. The molecule has 2 heterocycles. The Kier molecular flexibility index (Phi) is 3.93. The van der Waals surface area contributed by atoms with Crippen molar-refractivity contribution in [3.63, 3.8) is 0 Å². The van der Waals surface area contributed by atoms with Crippen molar-refractivity contribution in [1.82, 2.24) is 10.2 Å². The summed E-state index contributed by atoms with van der Waals surface area (Å²) in [6.07, 6.45) is 2.95. The van der Waals surface area contributed by atoms with Crippen molar-refractivity contribution in [2.75, 3.05) is 10.6 Å². The molecule has 0 unspecified atom stereocenters. The predicted octanol–water partition coefficient (Wildman–Crippen LogP) is 3.71. The number of fused-ring (bicyclic) bond motifs is 1. The molecule has 0 saturated heterocycles. The van der Waals surface area contributed by atoms with Crippen LogP contribution in [0.3, 0.4) is 0 Å². The van der Waals surface area contributed by atoms with Crippen LogP contribution >= 0.6 is 0 Å². The van der Waals surface area contributed by atoms with Gasteiger partial charge in [-0.1, -0.05) is 12.1 Å². The number of anilines is 2. The lowest BCUT2D eigenvalue weighted by Crippen LogP contribution is -2.18. The maximum absolute atomic E-state index is 14.0. The van der Waals surface area contributed by atoms with Crippen LogP contribution in [0.25, 0.3) is 11.3 Å². The number of hydrogen-bond acceptors (Lipinski definition) is 3. The van der Waals surface area contributed by atoms with E-state index in [4.69, 9.17) is 0 Å². The zero-order valence-corrected chi connectivity index (χ0v) is 13.5. The quantitative estimate of drug-likeness (QED) is 0.680. The third-order valence-corrected chi connectivity index (χ3v) is 4.34. The average Bonchev–Trinajstić information content (AvgIpc) is 3.08. The fourth-order valence-electron chi connectivity index (χ4n) is 3.03. The second-order valence-electron chi connectivity index (χ2n) is 6.02. The first-order chi connectivity index (χ1) is 12.2. The van der Waals surface area contributed by atoms with E-state index in [2.05, 4.69) is 20.8 Å². The largest absolute Gasteiger partial charge is 0.381 e. The van der Waals surface area contributed by atoms with Gasteiger partial charge in [-0.15, -0.1) is 0 Å². The van der Waals surface area contributed by atoms with Gasteiger partial charge in [-0.25, -0.2) is 4.39 Å². The van der Waals surface area contributed by atoms with Gasteiger partial charge in [-0.2, -0.15) is 5.10 Å². The molecule has 0 bridgehead atoms. The number of hydrogen-bond donors (Lipinski definition) is 3. The Morgan fingerprint density at radius 2 is 2.04 bits per heavy atom. The highest BCUT2D eigenvalue weighted by Gasteiger charge is 2.15. The second-order valence-corrected chi connectivity index (χ2v) is 6.02. The van der Waals surface area contributed by atoms with Gasteiger partial charge in [0.15, 0.2) is 0 Å². The molecule has 25 heavy (non-hydrogen) atoms. The van der Waals surface area contributed by atoms with Gasteiger partial charge in [0.25, 0.3) is 0 Å². The number of halogens is 1. The van der Waals surface area contributed by atoms with Crippen LogP contribution in [0.2, 0.25) is 0 Å². The van der Waals surface area contributed by atoms with Gasteiger partial charge in [0.2, 0.25) is 5.91 Å². The van der Waals surface area contributed by atoms with E-state index in [9.17, 15) is 9.18 Å². The second kappa shape index (κ2) is 6.39. The number of amides is 1. The highest BCUT2D eigenvalue weighted by Crippen LogP contribution is 2.27. The Balaban J connectivity index is 1.52. The lowest BCUT2D eigenvalue weighted by Gasteiger charge is -2.18. The Labute approximate surface area is 144 Å². The fourth-order valence-corrected chi connectivity index (χ4v) is 3.03. The summed E-state index contributed by atoms with van der Waals surface area (Å²) < 4.78 is 14.0. The molecule has 1 aliphatic rings. The summed E-state index contributed by atoms with van der Waals surface area (Å²) in [5.41, 5.74) is 5.01. The molecule has 1 aromatic heterocycles. The topological polar surface area (TPSA) is 69.8 Å². The third-order valence-electron chi connectivity index (χ3n) is 4.34. The summed E-state index contributed by atoms with van der Waals surface area (Å²) in [5.74, 6) is -0.223. The summed E-state index contributed by atoms with van der Waals surface area (Å²) in [6.45, 7) is 0.519. The van der Waals surface area contributed by atoms with Crippen molar-refractivity contribution >= 4 is 17.3 Å². The van der Waals surface area contributed by atoms with Crippen LogP contribution in [0.1, 0.15) is 17.5 Å². The first-order valence-corrected chi connectivity index (χ1v) is 8.14. The molecule has 6 heteroatoms. The molecule has 5 nitrogen and oxygen atoms in total. The van der Waals surface area contributed by atoms with Gasteiger partial charge < -0.3 is 10.6 Å². The molecule has 0 spiro atoms. The number of nitrogens with zero attached hydrogens (tertiary/aromatic N) is 1. The summed E-state index contributed by atoms with van der Waals surface area (Å²) in [6, 6.07) is 12.5. The molecule has 0 radical (unpaired) electrons. The number of carbonyl (C=O) groups excluding carboxylic acids is 1. The van der Waals surface area contributed by atoms with E-state index in [0.717, 1.165) is 28.9 Å². The standard InChI is InChI=1S/C19H17FN4O/c20-16-4-2-1-3-15(16)19-13(11-22-24-19)10-21-14-6-7-17-12(9-14)5-8-18(25)23-17/h1-4,6-7,9,11,21H,5,8,10H2,(H,22,24)(H,23,25). The number of carbonyl (C=O) groups is 1. The lowest BCUT2D eigenvalue weighted by molar-refractivity contribution is -0.116. The van der Waals surface area contributed by atoms with E-state index >= 15 is 0 Å². The third kappa shape index (κ3) is 3.10. The molecular formula is C19H17FN4O. The molecule has 1 amide bonds. The number of aromatic nitrogens is 2. The van der Waals surface area contributed by atoms with E-state index in [-0.39, 0.29) is 11.7 Å². The zero-order valence-electron chi connectivity index (χ0n) is 13.5. The number of aromatic amines is 1. The van der Waals surface area contributed by atoms with Crippen LogP contribution in [0.15, 0.2) is 48.7 Å². The molecule has 2 aromatic carbocycles. The zero-order chi connectivity index (χ0) is 17.2. The number of rotatable bonds is 4. The Hall–Kier alpha value is -3.15. The molecule has 4 rings (SSSR count). The van der Waals surface area contributed by atoms with Crippen molar-refractivity contribution < 1.29 is 9.18 Å². The number of H-pyrrole nitrogens is 1. The first-order valence-electron chi connectivity index (χ1n) is 8.14. The van der Waals surface area contributed by atoms with E-state index in [0.29, 0.717) is 24.2 Å². The van der Waals surface area contributed by atoms with E-state index in [1.54, 1.807) is 24.4 Å². The van der Waals surface area contributed by atoms with Gasteiger partial charge in [0, 0.05) is 35.5 Å². The van der Waals surface area contributed by atoms with Crippen molar-refractivity contribution in [3.8, 4) is 11.3 Å². The van der Waals surface area contributed by atoms with Gasteiger partial charge in [0.05, 0.1) is 11.9 Å². The van der Waals surface area contributed by atoms with E-state index in [1.165, 1.54) is 6.07 Å². The van der Waals surface area contributed by atoms with E-state index < -0.39 is 0 Å². The van der Waals surface area contributed by atoms with Crippen LogP contribution in [0, 0.1) is 5.82 Å². The summed E-state index contributed by atoms with van der Waals surface area (Å²) in [4.78, 5) is 11.4. The highest BCUT2D eigenvalue weighted by molar-refractivity contribution is 5.94. The molecule has 0 saturated carbocycles. The van der Waals surface area contributed by atoms with Gasteiger partial charge in [-0.3, -0.25) is 9.89 Å².